The fourth-order valence-electron chi connectivity index (χ4n) is 0.967. The van der Waals surface area contributed by atoms with Gasteiger partial charge in [0.25, 0.3) is 9.84 Å². The molecule has 0 atom stereocenters. The second-order valence-electron chi connectivity index (χ2n) is 2.90. The number of hydrogen-bond acceptors (Lipinski definition) is 3. The maximum Gasteiger partial charge on any atom is 0.501 e. The summed E-state index contributed by atoms with van der Waals surface area (Å²) in [5.74, 6) is -1.52. The third-order valence-electron chi connectivity index (χ3n) is 1.77. The van der Waals surface area contributed by atoms with Crippen molar-refractivity contribution in [2.45, 2.75) is 10.4 Å². The molecule has 0 amide bonds. The molecule has 0 spiro atoms. The maximum absolute atomic E-state index is 12.3. The molecule has 1 aromatic carbocycles. The van der Waals surface area contributed by atoms with Gasteiger partial charge in [0.1, 0.15) is 0 Å². The molecule has 0 unspecified atom stereocenters. The zero-order chi connectivity index (χ0) is 13.4. The van der Waals surface area contributed by atoms with Crippen molar-refractivity contribution in [3.05, 3.63) is 28.2 Å². The minimum atomic E-state index is -5.57. The summed E-state index contributed by atoms with van der Waals surface area (Å²) >= 11 is 2.64. The number of carboxylic acid groups (broad SMARTS) is 1. The van der Waals surface area contributed by atoms with Gasteiger partial charge in [-0.2, -0.15) is 13.2 Å². The Balaban J connectivity index is 3.52. The molecule has 17 heavy (non-hydrogen) atoms. The molecule has 94 valence electrons. The molecule has 0 aromatic heterocycles. The Labute approximate surface area is 102 Å². The molecule has 0 aliphatic carbocycles. The van der Waals surface area contributed by atoms with Gasteiger partial charge in [0, 0.05) is 4.47 Å². The minimum absolute atomic E-state index is 0.347. The number of carbonyl (C=O) groups is 1. The normalized spacial score (nSPS) is 12.5. The van der Waals surface area contributed by atoms with Gasteiger partial charge in [0.2, 0.25) is 0 Å². The topological polar surface area (TPSA) is 71.4 Å². The van der Waals surface area contributed by atoms with Crippen molar-refractivity contribution in [2.24, 2.45) is 0 Å². The van der Waals surface area contributed by atoms with E-state index in [1.54, 1.807) is 0 Å². The van der Waals surface area contributed by atoms with Crippen LogP contribution in [0.5, 0.6) is 0 Å². The van der Waals surface area contributed by atoms with Crippen LogP contribution in [-0.4, -0.2) is 25.0 Å². The van der Waals surface area contributed by atoms with Crippen LogP contribution in [-0.2, 0) is 9.84 Å². The van der Waals surface area contributed by atoms with Crippen LogP contribution in [0.15, 0.2) is 27.6 Å². The average molecular weight is 333 g/mol. The van der Waals surface area contributed by atoms with Crippen LogP contribution in [0.4, 0.5) is 13.2 Å². The van der Waals surface area contributed by atoms with Crippen molar-refractivity contribution in [1.82, 2.24) is 0 Å². The van der Waals surface area contributed by atoms with E-state index in [1.165, 1.54) is 0 Å². The number of benzene rings is 1. The molecule has 0 radical (unpaired) electrons. The summed E-state index contributed by atoms with van der Waals surface area (Å²) in [5.41, 5.74) is -6.02. The van der Waals surface area contributed by atoms with Crippen LogP contribution in [0.1, 0.15) is 10.4 Å². The fourth-order valence-corrected chi connectivity index (χ4v) is 2.71. The number of halogens is 4. The van der Waals surface area contributed by atoms with E-state index in [4.69, 9.17) is 5.11 Å². The first-order valence-corrected chi connectivity index (χ1v) is 6.19. The van der Waals surface area contributed by atoms with Crippen LogP contribution in [0.25, 0.3) is 0 Å². The van der Waals surface area contributed by atoms with Gasteiger partial charge < -0.3 is 5.11 Å². The quantitative estimate of drug-likeness (QED) is 0.902. The first-order chi connectivity index (χ1) is 7.57. The van der Waals surface area contributed by atoms with Crippen molar-refractivity contribution in [2.75, 3.05) is 0 Å². The molecular weight excluding hydrogens is 329 g/mol. The predicted molar refractivity (Wildman–Crippen MR) is 54.3 cm³/mol. The highest BCUT2D eigenvalue weighted by molar-refractivity contribution is 9.10. The first-order valence-electron chi connectivity index (χ1n) is 3.91. The van der Waals surface area contributed by atoms with Crippen LogP contribution in [0, 0.1) is 0 Å². The molecular formula is C8H4BrF3O4S. The van der Waals surface area contributed by atoms with Gasteiger partial charge >= 0.3 is 11.5 Å². The van der Waals surface area contributed by atoms with Crippen molar-refractivity contribution >= 4 is 31.7 Å². The maximum atomic E-state index is 12.3. The molecule has 4 nitrogen and oxygen atoms in total. The summed E-state index contributed by atoms with van der Waals surface area (Å²) in [7, 11) is -5.57. The summed E-state index contributed by atoms with van der Waals surface area (Å²) in [5, 5.41) is 8.58. The Morgan fingerprint density at radius 3 is 2.24 bits per heavy atom. The van der Waals surface area contributed by atoms with Crippen molar-refractivity contribution in [3.8, 4) is 0 Å². The van der Waals surface area contributed by atoms with Crippen molar-refractivity contribution in [1.29, 1.82) is 0 Å². The molecule has 9 heteroatoms. The Morgan fingerprint density at radius 2 is 1.82 bits per heavy atom. The Kier molecular flexibility index (Phi) is 3.53. The SMILES string of the molecule is O=C(O)c1ccc(Br)c(S(=O)(=O)C(F)(F)F)c1. The Morgan fingerprint density at radius 1 is 1.29 bits per heavy atom. The van der Waals surface area contributed by atoms with Crippen LogP contribution in [0.3, 0.4) is 0 Å². The number of rotatable bonds is 2. The average Bonchev–Trinajstić information content (AvgIpc) is 2.15. The van der Waals surface area contributed by atoms with E-state index in [0.717, 1.165) is 12.1 Å². The third-order valence-corrected chi connectivity index (χ3v) is 4.25. The largest absolute Gasteiger partial charge is 0.501 e. The van der Waals surface area contributed by atoms with Crippen LogP contribution < -0.4 is 0 Å². The monoisotopic (exact) mass is 332 g/mol. The second-order valence-corrected chi connectivity index (χ2v) is 5.66. The van der Waals surface area contributed by atoms with E-state index in [1.807, 2.05) is 0 Å². The van der Waals surface area contributed by atoms with Gasteiger partial charge in [-0.25, -0.2) is 13.2 Å². The summed E-state index contributed by atoms with van der Waals surface area (Å²) in [6, 6.07) is 2.37. The molecule has 1 rings (SSSR count). The van der Waals surface area contributed by atoms with Gasteiger partial charge in [-0.1, -0.05) is 0 Å². The standard InChI is InChI=1S/C8H4BrF3O4S/c9-5-2-1-4(7(13)14)3-6(5)17(15,16)8(10,11)12/h1-3H,(H,13,14). The van der Waals surface area contributed by atoms with Crippen molar-refractivity contribution in [3.63, 3.8) is 0 Å². The molecule has 0 saturated heterocycles. The van der Waals surface area contributed by atoms with Gasteiger partial charge in [0.05, 0.1) is 10.5 Å². The Bertz CT molecular complexity index is 565. The van der Waals surface area contributed by atoms with E-state index in [-0.39, 0.29) is 4.47 Å². The lowest BCUT2D eigenvalue weighted by molar-refractivity contribution is -0.0436. The molecule has 0 aliphatic heterocycles. The minimum Gasteiger partial charge on any atom is -0.478 e. The first kappa shape index (κ1) is 14.0. The van der Waals surface area contributed by atoms with Gasteiger partial charge in [0.15, 0.2) is 0 Å². The molecule has 0 bridgehead atoms. The highest BCUT2D eigenvalue weighted by Gasteiger charge is 2.47. The zero-order valence-electron chi connectivity index (χ0n) is 7.82. The predicted octanol–water partition coefficient (Wildman–Crippen LogP) is 2.44. The van der Waals surface area contributed by atoms with Gasteiger partial charge in [-0.05, 0) is 34.1 Å². The van der Waals surface area contributed by atoms with E-state index in [2.05, 4.69) is 15.9 Å². The van der Waals surface area contributed by atoms with E-state index < -0.39 is 31.8 Å². The summed E-state index contributed by atoms with van der Waals surface area (Å²) in [6.07, 6.45) is 0. The summed E-state index contributed by atoms with van der Waals surface area (Å²) in [6.45, 7) is 0. The number of carboxylic acids is 1. The van der Waals surface area contributed by atoms with Crippen LogP contribution in [0.2, 0.25) is 0 Å². The molecule has 0 heterocycles. The highest BCUT2D eigenvalue weighted by atomic mass is 79.9. The van der Waals surface area contributed by atoms with E-state index in [9.17, 15) is 26.4 Å². The summed E-state index contributed by atoms with van der Waals surface area (Å²) < 4.78 is 58.7. The van der Waals surface area contributed by atoms with Crippen molar-refractivity contribution < 1.29 is 31.5 Å². The number of hydrogen-bond donors (Lipinski definition) is 1. The zero-order valence-corrected chi connectivity index (χ0v) is 10.2. The molecule has 0 saturated carbocycles. The van der Waals surface area contributed by atoms with Crippen LogP contribution >= 0.6 is 15.9 Å². The van der Waals surface area contributed by atoms with E-state index >= 15 is 0 Å². The Hall–Kier alpha value is -1.09. The van der Waals surface area contributed by atoms with Gasteiger partial charge in [-0.15, -0.1) is 0 Å². The lowest BCUT2D eigenvalue weighted by atomic mass is 10.2. The lowest BCUT2D eigenvalue weighted by Gasteiger charge is -2.10. The second kappa shape index (κ2) is 4.30. The number of alkyl halides is 3. The summed E-state index contributed by atoms with van der Waals surface area (Å²) in [4.78, 5) is 9.43. The number of aromatic carboxylic acids is 1. The highest BCUT2D eigenvalue weighted by Crippen LogP contribution is 2.34. The van der Waals surface area contributed by atoms with Gasteiger partial charge in [-0.3, -0.25) is 0 Å². The molecule has 0 aliphatic rings. The lowest BCUT2D eigenvalue weighted by Crippen LogP contribution is -2.24. The molecule has 0 fully saturated rings. The molecule has 1 N–H and O–H groups in total. The fraction of sp³-hybridized carbons (Fsp3) is 0.125. The molecule has 1 aromatic rings. The van der Waals surface area contributed by atoms with E-state index in [0.29, 0.717) is 6.07 Å². The smallest absolute Gasteiger partial charge is 0.478 e. The number of sulfone groups is 1. The third kappa shape index (κ3) is 2.60.